The molecule has 7 heteroatoms. The summed E-state index contributed by atoms with van der Waals surface area (Å²) in [5, 5.41) is 10.6. The Morgan fingerprint density at radius 2 is 2.00 bits per heavy atom. The molecule has 6 nitrogen and oxygen atoms in total. The van der Waals surface area contributed by atoms with Crippen LogP contribution in [0.15, 0.2) is 47.6 Å². The highest BCUT2D eigenvalue weighted by Gasteiger charge is 2.26. The Morgan fingerprint density at radius 3 is 2.70 bits per heavy atom. The molecule has 2 heterocycles. The second-order valence-corrected chi connectivity index (χ2v) is 4.06. The molecule has 1 aromatic carbocycles. The average molecular weight is 273 g/mol. The SMILES string of the molecule is O=[N+]([O-])c1ccc(C2=Nc3ncccc3OC2F)cc1. The first-order chi connectivity index (χ1) is 9.65. The number of aliphatic imine (C=N–C) groups is 1. The number of nitro groups is 1. The van der Waals surface area contributed by atoms with Gasteiger partial charge in [0.2, 0.25) is 0 Å². The van der Waals surface area contributed by atoms with E-state index in [1.54, 1.807) is 12.1 Å². The Bertz CT molecular complexity index is 700. The quantitative estimate of drug-likeness (QED) is 0.622. The van der Waals surface area contributed by atoms with Crippen molar-refractivity contribution >= 4 is 17.2 Å². The Hall–Kier alpha value is -2.83. The highest BCUT2D eigenvalue weighted by molar-refractivity contribution is 6.05. The van der Waals surface area contributed by atoms with Gasteiger partial charge in [0.15, 0.2) is 11.6 Å². The third-order valence-corrected chi connectivity index (χ3v) is 2.80. The molecule has 1 unspecified atom stereocenters. The van der Waals surface area contributed by atoms with E-state index < -0.39 is 11.3 Å². The Morgan fingerprint density at radius 1 is 1.25 bits per heavy atom. The molecule has 1 aliphatic heterocycles. The van der Waals surface area contributed by atoms with Gasteiger partial charge in [-0.25, -0.2) is 9.98 Å². The van der Waals surface area contributed by atoms with Crippen LogP contribution in [0.4, 0.5) is 15.9 Å². The van der Waals surface area contributed by atoms with Crippen LogP contribution in [0.1, 0.15) is 5.56 Å². The summed E-state index contributed by atoms with van der Waals surface area (Å²) in [6, 6.07) is 8.64. The van der Waals surface area contributed by atoms with E-state index in [0.717, 1.165) is 0 Å². The number of alkyl halides is 1. The summed E-state index contributed by atoms with van der Waals surface area (Å²) in [7, 11) is 0. The van der Waals surface area contributed by atoms with Crippen LogP contribution < -0.4 is 4.74 Å². The lowest BCUT2D eigenvalue weighted by atomic mass is 10.1. The fourth-order valence-corrected chi connectivity index (χ4v) is 1.84. The van der Waals surface area contributed by atoms with Crippen molar-refractivity contribution in [3.05, 3.63) is 58.3 Å². The molecule has 100 valence electrons. The van der Waals surface area contributed by atoms with Crippen LogP contribution in [0.5, 0.6) is 5.75 Å². The van der Waals surface area contributed by atoms with Gasteiger partial charge >= 0.3 is 0 Å². The second kappa shape index (κ2) is 4.69. The molecule has 0 amide bonds. The van der Waals surface area contributed by atoms with Crippen LogP contribution in [0.2, 0.25) is 0 Å². The third kappa shape index (κ3) is 2.09. The third-order valence-electron chi connectivity index (χ3n) is 2.80. The van der Waals surface area contributed by atoms with E-state index in [1.165, 1.54) is 30.5 Å². The summed E-state index contributed by atoms with van der Waals surface area (Å²) in [5.74, 6) is 0.556. The van der Waals surface area contributed by atoms with E-state index in [9.17, 15) is 14.5 Å². The number of halogens is 1. The van der Waals surface area contributed by atoms with Crippen LogP contribution in [-0.4, -0.2) is 22.0 Å². The van der Waals surface area contributed by atoms with E-state index in [1.807, 2.05) is 0 Å². The summed E-state index contributed by atoms with van der Waals surface area (Å²) in [4.78, 5) is 18.2. The number of non-ortho nitro benzene ring substituents is 1. The molecule has 0 saturated carbocycles. The minimum Gasteiger partial charge on any atom is -0.450 e. The molecule has 1 aromatic heterocycles. The first-order valence-corrected chi connectivity index (χ1v) is 5.74. The Kier molecular flexibility index (Phi) is 2.86. The molecule has 0 radical (unpaired) electrons. The van der Waals surface area contributed by atoms with Gasteiger partial charge in [0.05, 0.1) is 4.92 Å². The molecule has 1 atom stereocenters. The second-order valence-electron chi connectivity index (χ2n) is 4.06. The van der Waals surface area contributed by atoms with Crippen molar-refractivity contribution in [2.45, 2.75) is 6.36 Å². The summed E-state index contributed by atoms with van der Waals surface area (Å²) in [6.45, 7) is 0. The maximum absolute atomic E-state index is 14.0. The lowest BCUT2D eigenvalue weighted by Crippen LogP contribution is -2.26. The van der Waals surface area contributed by atoms with Gasteiger partial charge in [-0.3, -0.25) is 10.1 Å². The predicted octanol–water partition coefficient (Wildman–Crippen LogP) is 2.80. The molecule has 1 aliphatic rings. The fourth-order valence-electron chi connectivity index (χ4n) is 1.84. The lowest BCUT2D eigenvalue weighted by molar-refractivity contribution is -0.384. The van der Waals surface area contributed by atoms with Gasteiger partial charge in [-0.15, -0.1) is 0 Å². The molecule has 0 spiro atoms. The summed E-state index contributed by atoms with van der Waals surface area (Å²) in [6.07, 6.45) is -0.203. The van der Waals surface area contributed by atoms with Crippen molar-refractivity contribution in [1.82, 2.24) is 4.98 Å². The number of benzene rings is 1. The number of hydrogen-bond donors (Lipinski definition) is 0. The first kappa shape index (κ1) is 12.2. The van der Waals surface area contributed by atoms with Gasteiger partial charge in [-0.2, -0.15) is 4.39 Å². The van der Waals surface area contributed by atoms with Gasteiger partial charge in [-0.05, 0) is 24.3 Å². The van der Waals surface area contributed by atoms with E-state index in [-0.39, 0.29) is 23.0 Å². The minimum atomic E-state index is -1.73. The van der Waals surface area contributed by atoms with Crippen LogP contribution in [0, 0.1) is 10.1 Å². The Labute approximate surface area is 112 Å². The monoisotopic (exact) mass is 273 g/mol. The van der Waals surface area contributed by atoms with Gasteiger partial charge in [0, 0.05) is 23.9 Å². The molecule has 0 aliphatic carbocycles. The van der Waals surface area contributed by atoms with Crippen molar-refractivity contribution in [3.63, 3.8) is 0 Å². The van der Waals surface area contributed by atoms with Gasteiger partial charge in [0.1, 0.15) is 5.71 Å². The lowest BCUT2D eigenvalue weighted by Gasteiger charge is -2.19. The van der Waals surface area contributed by atoms with E-state index in [2.05, 4.69) is 9.98 Å². The van der Waals surface area contributed by atoms with Crippen molar-refractivity contribution in [2.75, 3.05) is 0 Å². The number of aromatic nitrogens is 1. The number of nitro benzene ring substituents is 1. The number of fused-ring (bicyclic) bond motifs is 1. The zero-order valence-electron chi connectivity index (χ0n) is 10.1. The first-order valence-electron chi connectivity index (χ1n) is 5.74. The van der Waals surface area contributed by atoms with E-state index in [4.69, 9.17) is 4.74 Å². The summed E-state index contributed by atoms with van der Waals surface area (Å²) in [5.41, 5.74) is 0.394. The fraction of sp³-hybridized carbons (Fsp3) is 0.0769. The van der Waals surface area contributed by atoms with Crippen molar-refractivity contribution in [1.29, 1.82) is 0 Å². The molecular weight excluding hydrogens is 265 g/mol. The molecule has 3 rings (SSSR count). The van der Waals surface area contributed by atoms with Crippen molar-refractivity contribution in [3.8, 4) is 5.75 Å². The summed E-state index contributed by atoms with van der Waals surface area (Å²) >= 11 is 0. The van der Waals surface area contributed by atoms with Gasteiger partial charge < -0.3 is 4.74 Å². The molecule has 0 saturated heterocycles. The molecule has 0 N–H and O–H groups in total. The molecule has 0 fully saturated rings. The standard InChI is InChI=1S/C13H8FN3O3/c14-12-11(8-3-5-9(6-4-8)17(18)19)16-13-10(20-12)2-1-7-15-13/h1-7,12H. The van der Waals surface area contributed by atoms with Crippen LogP contribution in [-0.2, 0) is 0 Å². The molecule has 20 heavy (non-hydrogen) atoms. The highest BCUT2D eigenvalue weighted by Crippen LogP contribution is 2.31. The summed E-state index contributed by atoms with van der Waals surface area (Å²) < 4.78 is 19.0. The van der Waals surface area contributed by atoms with E-state index >= 15 is 0 Å². The van der Waals surface area contributed by atoms with E-state index in [0.29, 0.717) is 5.56 Å². The molecular formula is C13H8FN3O3. The predicted molar refractivity (Wildman–Crippen MR) is 69.1 cm³/mol. The minimum absolute atomic E-state index is 0.0473. The molecule has 0 bridgehead atoms. The zero-order valence-corrected chi connectivity index (χ0v) is 10.1. The average Bonchev–Trinajstić information content (AvgIpc) is 2.46. The van der Waals surface area contributed by atoms with Crippen LogP contribution in [0.3, 0.4) is 0 Å². The largest absolute Gasteiger partial charge is 0.450 e. The highest BCUT2D eigenvalue weighted by atomic mass is 19.1. The topological polar surface area (TPSA) is 77.6 Å². The number of pyridine rings is 1. The number of ether oxygens (including phenoxy) is 1. The molecule has 2 aromatic rings. The van der Waals surface area contributed by atoms with Crippen LogP contribution in [0.25, 0.3) is 0 Å². The van der Waals surface area contributed by atoms with Gasteiger partial charge in [0.25, 0.3) is 12.0 Å². The zero-order chi connectivity index (χ0) is 14.1. The smallest absolute Gasteiger partial charge is 0.281 e. The maximum Gasteiger partial charge on any atom is 0.281 e. The maximum atomic E-state index is 14.0. The number of rotatable bonds is 2. The number of hydrogen-bond acceptors (Lipinski definition) is 5. The normalized spacial score (nSPS) is 16.9. The van der Waals surface area contributed by atoms with Crippen molar-refractivity contribution in [2.24, 2.45) is 4.99 Å². The van der Waals surface area contributed by atoms with Crippen LogP contribution >= 0.6 is 0 Å². The number of nitrogens with zero attached hydrogens (tertiary/aromatic N) is 3. The van der Waals surface area contributed by atoms with Gasteiger partial charge in [-0.1, -0.05) is 0 Å². The Balaban J connectivity index is 2.01. The van der Waals surface area contributed by atoms with Crippen molar-refractivity contribution < 1.29 is 14.1 Å².